The smallest absolute Gasteiger partial charge is 0.251 e. The number of nitrogens with zero attached hydrogens (tertiary/aromatic N) is 4. The second-order valence-electron chi connectivity index (χ2n) is 7.78. The molecule has 3 aromatic rings. The number of aromatic nitrogens is 3. The van der Waals surface area contributed by atoms with Crippen molar-refractivity contribution in [3.8, 4) is 5.69 Å². The SMILES string of the molecule is CCc1ccccc1-n1cnnc1SCC(=O)N(Cc1ccc(C(=O)NC)cc1)C1CC1. The molecule has 1 fully saturated rings. The molecule has 4 rings (SSSR count). The molecule has 1 heterocycles. The molecule has 1 N–H and O–H groups in total. The molecule has 1 aliphatic carbocycles. The number of hydrogen-bond acceptors (Lipinski definition) is 5. The van der Waals surface area contributed by atoms with Crippen LogP contribution in [0.2, 0.25) is 0 Å². The van der Waals surface area contributed by atoms with E-state index in [1.165, 1.54) is 17.3 Å². The third-order valence-electron chi connectivity index (χ3n) is 5.58. The van der Waals surface area contributed by atoms with Crippen LogP contribution < -0.4 is 5.32 Å². The molecule has 1 aliphatic rings. The van der Waals surface area contributed by atoms with E-state index >= 15 is 0 Å². The summed E-state index contributed by atoms with van der Waals surface area (Å²) < 4.78 is 1.95. The largest absolute Gasteiger partial charge is 0.355 e. The monoisotopic (exact) mass is 449 g/mol. The van der Waals surface area contributed by atoms with Gasteiger partial charge < -0.3 is 10.2 Å². The number of benzene rings is 2. The Morgan fingerprint density at radius 2 is 1.91 bits per heavy atom. The molecule has 0 radical (unpaired) electrons. The van der Waals surface area contributed by atoms with Crippen LogP contribution in [0.4, 0.5) is 0 Å². The lowest BCUT2D eigenvalue weighted by Gasteiger charge is -2.22. The fourth-order valence-electron chi connectivity index (χ4n) is 3.65. The molecule has 166 valence electrons. The van der Waals surface area contributed by atoms with E-state index in [-0.39, 0.29) is 11.8 Å². The van der Waals surface area contributed by atoms with Crippen molar-refractivity contribution in [3.63, 3.8) is 0 Å². The average molecular weight is 450 g/mol. The zero-order valence-electron chi connectivity index (χ0n) is 18.3. The van der Waals surface area contributed by atoms with Crippen molar-refractivity contribution < 1.29 is 9.59 Å². The van der Waals surface area contributed by atoms with E-state index in [1.807, 2.05) is 39.8 Å². The molecular weight excluding hydrogens is 422 g/mol. The highest BCUT2D eigenvalue weighted by Crippen LogP contribution is 2.30. The zero-order chi connectivity index (χ0) is 22.5. The summed E-state index contributed by atoms with van der Waals surface area (Å²) in [5.74, 6) is 0.280. The normalized spacial score (nSPS) is 13.1. The van der Waals surface area contributed by atoms with Crippen molar-refractivity contribution in [1.29, 1.82) is 0 Å². The van der Waals surface area contributed by atoms with E-state index in [1.54, 1.807) is 25.5 Å². The van der Waals surface area contributed by atoms with Crippen LogP contribution in [0, 0.1) is 0 Å². The molecular formula is C24H27N5O2S. The molecule has 1 saturated carbocycles. The highest BCUT2D eigenvalue weighted by atomic mass is 32.2. The van der Waals surface area contributed by atoms with Crippen molar-refractivity contribution in [3.05, 3.63) is 71.5 Å². The number of amides is 2. The first kappa shape index (κ1) is 22.1. The van der Waals surface area contributed by atoms with Gasteiger partial charge in [0.1, 0.15) is 6.33 Å². The molecule has 8 heteroatoms. The van der Waals surface area contributed by atoms with Crippen LogP contribution in [0.3, 0.4) is 0 Å². The Labute approximate surface area is 192 Å². The van der Waals surface area contributed by atoms with Gasteiger partial charge in [-0.2, -0.15) is 0 Å². The zero-order valence-corrected chi connectivity index (χ0v) is 19.1. The second-order valence-corrected chi connectivity index (χ2v) is 8.73. The molecule has 2 aromatic carbocycles. The van der Waals surface area contributed by atoms with Crippen molar-refractivity contribution in [2.45, 2.75) is 43.9 Å². The second kappa shape index (κ2) is 9.99. The van der Waals surface area contributed by atoms with Gasteiger partial charge in [0.15, 0.2) is 5.16 Å². The number of rotatable bonds is 9. The fraction of sp³-hybridized carbons (Fsp3) is 0.333. The number of aryl methyl sites for hydroxylation is 1. The minimum absolute atomic E-state index is 0.0891. The summed E-state index contributed by atoms with van der Waals surface area (Å²) in [5, 5.41) is 11.7. The number of para-hydroxylation sites is 1. The van der Waals surface area contributed by atoms with Crippen molar-refractivity contribution in [2.24, 2.45) is 0 Å². The molecule has 0 spiro atoms. The number of thioether (sulfide) groups is 1. The number of hydrogen-bond donors (Lipinski definition) is 1. The van der Waals surface area contributed by atoms with Crippen LogP contribution in [0.15, 0.2) is 60.0 Å². The summed E-state index contributed by atoms with van der Waals surface area (Å²) >= 11 is 1.41. The van der Waals surface area contributed by atoms with E-state index in [9.17, 15) is 9.59 Å². The molecule has 2 amide bonds. The van der Waals surface area contributed by atoms with E-state index < -0.39 is 0 Å². The molecule has 0 bridgehead atoms. The summed E-state index contributed by atoms with van der Waals surface area (Å²) in [7, 11) is 1.61. The molecule has 0 unspecified atom stereocenters. The molecule has 0 atom stereocenters. The van der Waals surface area contributed by atoms with Crippen molar-refractivity contribution in [1.82, 2.24) is 25.0 Å². The fourth-order valence-corrected chi connectivity index (χ4v) is 4.46. The first-order chi connectivity index (χ1) is 15.6. The van der Waals surface area contributed by atoms with Gasteiger partial charge in [-0.05, 0) is 48.6 Å². The summed E-state index contributed by atoms with van der Waals surface area (Å²) in [6, 6.07) is 15.9. The van der Waals surface area contributed by atoms with Gasteiger partial charge >= 0.3 is 0 Å². The van der Waals surface area contributed by atoms with Gasteiger partial charge in [0.05, 0.1) is 11.4 Å². The summed E-state index contributed by atoms with van der Waals surface area (Å²) in [6.07, 6.45) is 4.68. The quantitative estimate of drug-likeness (QED) is 0.506. The van der Waals surface area contributed by atoms with Crippen LogP contribution >= 0.6 is 11.8 Å². The van der Waals surface area contributed by atoms with Gasteiger partial charge in [-0.1, -0.05) is 49.0 Å². The highest BCUT2D eigenvalue weighted by molar-refractivity contribution is 7.99. The van der Waals surface area contributed by atoms with Crippen molar-refractivity contribution >= 4 is 23.6 Å². The van der Waals surface area contributed by atoms with Crippen LogP contribution in [0.1, 0.15) is 41.3 Å². The van der Waals surface area contributed by atoms with Crippen LogP contribution in [-0.4, -0.2) is 50.3 Å². The maximum atomic E-state index is 13.1. The van der Waals surface area contributed by atoms with Crippen LogP contribution in [0.5, 0.6) is 0 Å². The first-order valence-corrected chi connectivity index (χ1v) is 11.8. The third-order valence-corrected chi connectivity index (χ3v) is 6.51. The first-order valence-electron chi connectivity index (χ1n) is 10.8. The topological polar surface area (TPSA) is 80.1 Å². The lowest BCUT2D eigenvalue weighted by molar-refractivity contribution is -0.129. The van der Waals surface area contributed by atoms with E-state index in [4.69, 9.17) is 0 Å². The lowest BCUT2D eigenvalue weighted by atomic mass is 10.1. The van der Waals surface area contributed by atoms with Gasteiger partial charge in [0.25, 0.3) is 5.91 Å². The minimum atomic E-state index is -0.114. The average Bonchev–Trinajstić information content (AvgIpc) is 3.57. The predicted molar refractivity (Wildman–Crippen MR) is 125 cm³/mol. The molecule has 1 aromatic heterocycles. The van der Waals surface area contributed by atoms with Gasteiger partial charge in [-0.3, -0.25) is 14.2 Å². The van der Waals surface area contributed by atoms with Crippen LogP contribution in [-0.2, 0) is 17.8 Å². The van der Waals surface area contributed by atoms with Crippen LogP contribution in [0.25, 0.3) is 5.69 Å². The van der Waals surface area contributed by atoms with Gasteiger partial charge in [-0.15, -0.1) is 10.2 Å². The number of nitrogens with one attached hydrogen (secondary N) is 1. The van der Waals surface area contributed by atoms with Crippen molar-refractivity contribution in [2.75, 3.05) is 12.8 Å². The number of carbonyl (C=O) groups is 2. The molecule has 0 aliphatic heterocycles. The third kappa shape index (κ3) is 5.02. The Morgan fingerprint density at radius 3 is 2.59 bits per heavy atom. The Kier molecular flexibility index (Phi) is 6.90. The van der Waals surface area contributed by atoms with E-state index in [0.717, 1.165) is 30.5 Å². The highest BCUT2D eigenvalue weighted by Gasteiger charge is 2.32. The Balaban J connectivity index is 1.43. The lowest BCUT2D eigenvalue weighted by Crippen LogP contribution is -2.34. The van der Waals surface area contributed by atoms with Gasteiger partial charge in [0, 0.05) is 25.2 Å². The Hall–Kier alpha value is -3.13. The van der Waals surface area contributed by atoms with Gasteiger partial charge in [-0.25, -0.2) is 0 Å². The maximum absolute atomic E-state index is 13.1. The Morgan fingerprint density at radius 1 is 1.16 bits per heavy atom. The number of carbonyl (C=O) groups excluding carboxylic acids is 2. The minimum Gasteiger partial charge on any atom is -0.355 e. The summed E-state index contributed by atoms with van der Waals surface area (Å²) in [4.78, 5) is 26.8. The summed E-state index contributed by atoms with van der Waals surface area (Å²) in [6.45, 7) is 2.66. The molecule has 0 saturated heterocycles. The van der Waals surface area contributed by atoms with Gasteiger partial charge in [0.2, 0.25) is 5.91 Å². The Bertz CT molecular complexity index is 1090. The molecule has 32 heavy (non-hydrogen) atoms. The van der Waals surface area contributed by atoms with E-state index in [2.05, 4.69) is 28.5 Å². The molecule has 7 nitrogen and oxygen atoms in total. The predicted octanol–water partition coefficient (Wildman–Crippen LogP) is 3.47. The van der Waals surface area contributed by atoms with E-state index in [0.29, 0.717) is 29.1 Å². The standard InChI is InChI=1S/C24H27N5O2S/c1-3-18-6-4-5-7-21(18)29-16-26-27-24(29)32-15-22(30)28(20-12-13-20)14-17-8-10-19(11-9-17)23(31)25-2/h4-11,16,20H,3,12-15H2,1-2H3,(H,25,31). The summed E-state index contributed by atoms with van der Waals surface area (Å²) in [5.41, 5.74) is 3.89. The maximum Gasteiger partial charge on any atom is 0.251 e.